The predicted molar refractivity (Wildman–Crippen MR) is 131 cm³/mol. The number of nitrogens with one attached hydrogen (secondary N) is 1. The van der Waals surface area contributed by atoms with Crippen LogP contribution in [0.3, 0.4) is 0 Å². The first-order valence-corrected chi connectivity index (χ1v) is 12.2. The van der Waals surface area contributed by atoms with Crippen LogP contribution in [0, 0.1) is 13.8 Å². The van der Waals surface area contributed by atoms with E-state index in [1.165, 1.54) is 4.90 Å². The van der Waals surface area contributed by atoms with Crippen molar-refractivity contribution < 1.29 is 29.0 Å². The van der Waals surface area contributed by atoms with Crippen molar-refractivity contribution in [3.63, 3.8) is 0 Å². The highest BCUT2D eigenvalue weighted by Gasteiger charge is 2.46. The third-order valence-electron chi connectivity index (χ3n) is 6.67. The Kier molecular flexibility index (Phi) is 7.85. The molecule has 4 rings (SSSR count). The number of morpholine rings is 1. The summed E-state index contributed by atoms with van der Waals surface area (Å²) in [6.07, 6.45) is 3.87. The minimum absolute atomic E-state index is 0.0139. The molecule has 192 valence electrons. The van der Waals surface area contributed by atoms with Gasteiger partial charge in [0.2, 0.25) is 0 Å². The van der Waals surface area contributed by atoms with Crippen molar-refractivity contribution in [3.05, 3.63) is 58.2 Å². The highest BCUT2D eigenvalue weighted by Crippen LogP contribution is 2.40. The largest absolute Gasteiger partial charge is 0.507 e. The number of esters is 1. The highest BCUT2D eigenvalue weighted by molar-refractivity contribution is 6.46. The van der Waals surface area contributed by atoms with E-state index in [0.29, 0.717) is 48.6 Å². The normalized spacial score (nSPS) is 20.2. The van der Waals surface area contributed by atoms with E-state index < -0.39 is 23.7 Å². The first kappa shape index (κ1) is 25.6. The van der Waals surface area contributed by atoms with Crippen LogP contribution >= 0.6 is 0 Å². The van der Waals surface area contributed by atoms with Gasteiger partial charge in [0.15, 0.2) is 0 Å². The number of aliphatic hydroxyl groups is 1. The number of Topliss-reactive ketones (excluding diaryl/α,β-unsaturated/α-hetero) is 1. The number of hydrogen-bond acceptors (Lipinski definition) is 8. The maximum atomic E-state index is 13.3. The van der Waals surface area contributed by atoms with Crippen LogP contribution in [0.15, 0.2) is 30.1 Å². The Labute approximate surface area is 209 Å². The number of carbonyl (C=O) groups is 3. The topological polar surface area (TPSA) is 125 Å². The fourth-order valence-corrected chi connectivity index (χ4v) is 4.93. The quantitative estimate of drug-likeness (QED) is 0.247. The summed E-state index contributed by atoms with van der Waals surface area (Å²) >= 11 is 0. The maximum absolute atomic E-state index is 13.3. The molecule has 10 nitrogen and oxygen atoms in total. The van der Waals surface area contributed by atoms with Crippen molar-refractivity contribution in [3.8, 4) is 0 Å². The van der Waals surface area contributed by atoms with E-state index in [2.05, 4.69) is 14.9 Å². The summed E-state index contributed by atoms with van der Waals surface area (Å²) in [5.41, 5.74) is 2.08. The molecule has 0 aliphatic carbocycles. The number of rotatable bonds is 8. The van der Waals surface area contributed by atoms with Gasteiger partial charge in [-0.25, -0.2) is 4.79 Å². The number of pyridine rings is 1. The Morgan fingerprint density at radius 2 is 2.00 bits per heavy atom. The Balaban J connectivity index is 1.71. The van der Waals surface area contributed by atoms with Crippen molar-refractivity contribution in [2.24, 2.45) is 0 Å². The lowest BCUT2D eigenvalue weighted by molar-refractivity contribution is -0.140. The smallest absolute Gasteiger partial charge is 0.355 e. The van der Waals surface area contributed by atoms with Gasteiger partial charge in [-0.05, 0) is 44.4 Å². The second-order valence-corrected chi connectivity index (χ2v) is 8.93. The standard InChI is InChI=1S/C26H32N4O6/c1-4-36-26(34)21-16(2)19(17(3)28-21)23(31)20-22(18-7-5-8-27-15-18)30(25(33)24(20)32)10-6-9-29-11-13-35-14-12-29/h5,7-8,15,22,28,31H,4,6,9-14H2,1-3H3. The molecule has 0 saturated carbocycles. The van der Waals surface area contributed by atoms with Crippen LogP contribution < -0.4 is 0 Å². The average Bonchev–Trinajstić information content (AvgIpc) is 3.32. The molecule has 2 N–H and O–H groups in total. The number of amides is 1. The number of hydrogen-bond donors (Lipinski definition) is 2. The number of likely N-dealkylation sites (tertiary alicyclic amines) is 1. The van der Waals surface area contributed by atoms with Gasteiger partial charge >= 0.3 is 5.97 Å². The van der Waals surface area contributed by atoms with E-state index >= 15 is 0 Å². The summed E-state index contributed by atoms with van der Waals surface area (Å²) in [5.74, 6) is -2.29. The molecule has 0 bridgehead atoms. The number of aromatic amines is 1. The van der Waals surface area contributed by atoms with Gasteiger partial charge in [0, 0.05) is 49.8 Å². The van der Waals surface area contributed by atoms with Crippen molar-refractivity contribution in [2.75, 3.05) is 46.0 Å². The number of ketones is 1. The molecule has 10 heteroatoms. The van der Waals surface area contributed by atoms with Crippen LogP contribution in [-0.4, -0.2) is 88.5 Å². The Morgan fingerprint density at radius 3 is 2.67 bits per heavy atom. The molecule has 0 spiro atoms. The molecule has 2 fully saturated rings. The van der Waals surface area contributed by atoms with Gasteiger partial charge in [-0.15, -0.1) is 0 Å². The van der Waals surface area contributed by atoms with Crippen molar-refractivity contribution in [1.82, 2.24) is 19.8 Å². The van der Waals surface area contributed by atoms with E-state index in [-0.39, 0.29) is 23.6 Å². The molecule has 2 aliphatic heterocycles. The SMILES string of the molecule is CCOC(=O)c1[nH]c(C)c(C(O)=C2C(=O)C(=O)N(CCCN3CCOCC3)C2c2cccnc2)c1C. The minimum Gasteiger partial charge on any atom is -0.507 e. The number of aromatic nitrogens is 2. The van der Waals surface area contributed by atoms with Crippen LogP contribution in [0.4, 0.5) is 0 Å². The average molecular weight is 497 g/mol. The third kappa shape index (κ3) is 4.91. The molecule has 0 radical (unpaired) electrons. The van der Waals surface area contributed by atoms with Crippen LogP contribution in [0.5, 0.6) is 0 Å². The number of ether oxygens (including phenoxy) is 2. The summed E-state index contributed by atoms with van der Waals surface area (Å²) in [7, 11) is 0. The summed E-state index contributed by atoms with van der Waals surface area (Å²) in [4.78, 5) is 49.8. The van der Waals surface area contributed by atoms with E-state index in [1.807, 2.05) is 0 Å². The lowest BCUT2D eigenvalue weighted by atomic mass is 9.95. The predicted octanol–water partition coefficient (Wildman–Crippen LogP) is 2.35. The Hall–Kier alpha value is -3.50. The van der Waals surface area contributed by atoms with Gasteiger partial charge in [-0.3, -0.25) is 19.5 Å². The monoisotopic (exact) mass is 496 g/mol. The molecule has 4 heterocycles. The first-order valence-electron chi connectivity index (χ1n) is 12.2. The van der Waals surface area contributed by atoms with Crippen LogP contribution in [-0.2, 0) is 19.1 Å². The van der Waals surface area contributed by atoms with Gasteiger partial charge in [-0.2, -0.15) is 0 Å². The van der Waals surface area contributed by atoms with E-state index in [0.717, 1.165) is 19.6 Å². The number of carbonyl (C=O) groups excluding carboxylic acids is 3. The summed E-state index contributed by atoms with van der Waals surface area (Å²) in [6, 6.07) is 2.73. The Bertz CT molecular complexity index is 1170. The molecule has 1 unspecified atom stereocenters. The number of nitrogens with zero attached hydrogens (tertiary/aromatic N) is 3. The lowest BCUT2D eigenvalue weighted by Crippen LogP contribution is -2.39. The molecule has 1 atom stereocenters. The molecule has 2 aliphatic rings. The molecule has 2 aromatic rings. The first-order chi connectivity index (χ1) is 17.3. The molecule has 1 amide bonds. The molecule has 2 saturated heterocycles. The molecular weight excluding hydrogens is 464 g/mol. The lowest BCUT2D eigenvalue weighted by Gasteiger charge is -2.29. The number of H-pyrrole nitrogens is 1. The van der Waals surface area contributed by atoms with Gasteiger partial charge in [0.05, 0.1) is 31.4 Å². The zero-order valence-electron chi connectivity index (χ0n) is 20.9. The minimum atomic E-state index is -0.789. The summed E-state index contributed by atoms with van der Waals surface area (Å²) < 4.78 is 10.5. The summed E-state index contributed by atoms with van der Waals surface area (Å²) in [6.45, 7) is 9.42. The zero-order valence-corrected chi connectivity index (χ0v) is 20.9. The maximum Gasteiger partial charge on any atom is 0.355 e. The second-order valence-electron chi connectivity index (χ2n) is 8.93. The number of aryl methyl sites for hydroxylation is 1. The molecule has 36 heavy (non-hydrogen) atoms. The van der Waals surface area contributed by atoms with E-state index in [1.54, 1.807) is 45.3 Å². The fourth-order valence-electron chi connectivity index (χ4n) is 4.93. The fraction of sp³-hybridized carbons (Fsp3) is 0.462. The van der Waals surface area contributed by atoms with Crippen LogP contribution in [0.25, 0.3) is 5.76 Å². The highest BCUT2D eigenvalue weighted by atomic mass is 16.5. The third-order valence-corrected chi connectivity index (χ3v) is 6.67. The molecular formula is C26H32N4O6. The second kappa shape index (κ2) is 11.0. The van der Waals surface area contributed by atoms with Crippen LogP contribution in [0.2, 0.25) is 0 Å². The van der Waals surface area contributed by atoms with E-state index in [4.69, 9.17) is 9.47 Å². The van der Waals surface area contributed by atoms with Crippen molar-refractivity contribution in [1.29, 1.82) is 0 Å². The van der Waals surface area contributed by atoms with Gasteiger partial charge in [0.25, 0.3) is 11.7 Å². The van der Waals surface area contributed by atoms with Crippen molar-refractivity contribution in [2.45, 2.75) is 33.2 Å². The molecule has 0 aromatic carbocycles. The van der Waals surface area contributed by atoms with Crippen LogP contribution in [0.1, 0.15) is 52.3 Å². The van der Waals surface area contributed by atoms with Gasteiger partial charge < -0.3 is 24.5 Å². The van der Waals surface area contributed by atoms with Crippen molar-refractivity contribution >= 4 is 23.4 Å². The number of aliphatic hydroxyl groups excluding tert-OH is 1. The van der Waals surface area contributed by atoms with E-state index in [9.17, 15) is 19.5 Å². The van der Waals surface area contributed by atoms with Gasteiger partial charge in [0.1, 0.15) is 11.5 Å². The van der Waals surface area contributed by atoms with Gasteiger partial charge in [-0.1, -0.05) is 6.07 Å². The zero-order chi connectivity index (χ0) is 25.8. The Morgan fingerprint density at radius 1 is 1.25 bits per heavy atom. The molecule has 2 aromatic heterocycles. The summed E-state index contributed by atoms with van der Waals surface area (Å²) in [5, 5.41) is 11.4.